The summed E-state index contributed by atoms with van der Waals surface area (Å²) >= 11 is 0. The van der Waals surface area contributed by atoms with Crippen molar-refractivity contribution in [2.75, 3.05) is 14.2 Å². The summed E-state index contributed by atoms with van der Waals surface area (Å²) in [6, 6.07) is 10.2. The molecule has 0 spiro atoms. The summed E-state index contributed by atoms with van der Waals surface area (Å²) in [7, 11) is 3.28. The van der Waals surface area contributed by atoms with Crippen LogP contribution < -0.4 is 15.2 Å². The van der Waals surface area contributed by atoms with Gasteiger partial charge in [0, 0.05) is 29.8 Å². The second-order valence-corrected chi connectivity index (χ2v) is 5.08. The van der Waals surface area contributed by atoms with Crippen LogP contribution in [-0.2, 0) is 0 Å². The molecule has 0 bridgehead atoms. The molecule has 4 nitrogen and oxygen atoms in total. The minimum Gasteiger partial charge on any atom is -0.497 e. The monoisotopic (exact) mass is 270 g/mol. The Morgan fingerprint density at radius 3 is 2.20 bits per heavy atom. The van der Waals surface area contributed by atoms with E-state index in [1.807, 2.05) is 30.5 Å². The summed E-state index contributed by atoms with van der Waals surface area (Å²) in [5, 5.41) is 0. The number of pyridine rings is 1. The number of benzene rings is 1. The molecule has 4 heteroatoms. The van der Waals surface area contributed by atoms with E-state index in [0.717, 1.165) is 29.2 Å². The summed E-state index contributed by atoms with van der Waals surface area (Å²) in [5.74, 6) is 2.00. The van der Waals surface area contributed by atoms with Crippen LogP contribution in [-0.4, -0.2) is 25.2 Å². The minimum atomic E-state index is 0.305. The maximum atomic E-state index is 5.86. The molecule has 0 amide bonds. The summed E-state index contributed by atoms with van der Waals surface area (Å²) in [6.07, 6.45) is 2.98. The molecule has 0 radical (unpaired) electrons. The van der Waals surface area contributed by atoms with Crippen molar-refractivity contribution < 1.29 is 9.47 Å². The number of hydrogen-bond donors (Lipinski definition) is 1. The summed E-state index contributed by atoms with van der Waals surface area (Å²) in [6.45, 7) is 0. The van der Waals surface area contributed by atoms with Gasteiger partial charge in [0.15, 0.2) is 0 Å². The van der Waals surface area contributed by atoms with Gasteiger partial charge >= 0.3 is 0 Å². The number of nitrogens with zero attached hydrogens (tertiary/aromatic N) is 1. The van der Waals surface area contributed by atoms with Gasteiger partial charge in [-0.15, -0.1) is 0 Å². The van der Waals surface area contributed by atoms with Crippen LogP contribution in [0.15, 0.2) is 36.5 Å². The first-order chi connectivity index (χ1) is 9.71. The Morgan fingerprint density at radius 1 is 1.10 bits per heavy atom. The van der Waals surface area contributed by atoms with Crippen molar-refractivity contribution in [2.24, 2.45) is 5.73 Å². The smallest absolute Gasteiger partial charge is 0.123 e. The largest absolute Gasteiger partial charge is 0.497 e. The van der Waals surface area contributed by atoms with Crippen molar-refractivity contribution in [3.63, 3.8) is 0 Å². The van der Waals surface area contributed by atoms with E-state index < -0.39 is 0 Å². The average molecular weight is 270 g/mol. The van der Waals surface area contributed by atoms with E-state index in [2.05, 4.69) is 11.1 Å². The zero-order valence-electron chi connectivity index (χ0n) is 11.7. The summed E-state index contributed by atoms with van der Waals surface area (Å²) in [4.78, 5) is 4.53. The standard InChI is InChI=1S/C16H18N2O2/c1-19-12-5-11(6-13(7-12)20-2)16-4-3-10(9-18-16)14-8-15(14)17/h3-7,9,14-15H,8,17H2,1-2H3. The highest BCUT2D eigenvalue weighted by molar-refractivity contribution is 5.64. The molecular weight excluding hydrogens is 252 g/mol. The quantitative estimate of drug-likeness (QED) is 0.927. The zero-order chi connectivity index (χ0) is 14.1. The summed E-state index contributed by atoms with van der Waals surface area (Å²) < 4.78 is 10.6. The molecule has 1 heterocycles. The Balaban J connectivity index is 1.91. The van der Waals surface area contributed by atoms with E-state index in [-0.39, 0.29) is 0 Å². The number of methoxy groups -OCH3 is 2. The third-order valence-electron chi connectivity index (χ3n) is 3.70. The molecule has 3 rings (SSSR count). The maximum absolute atomic E-state index is 5.86. The first-order valence-electron chi connectivity index (χ1n) is 6.66. The third-order valence-corrected chi connectivity index (χ3v) is 3.70. The van der Waals surface area contributed by atoms with Gasteiger partial charge in [0.05, 0.1) is 19.9 Å². The first-order valence-corrected chi connectivity index (χ1v) is 6.66. The van der Waals surface area contributed by atoms with Gasteiger partial charge in [0.25, 0.3) is 0 Å². The maximum Gasteiger partial charge on any atom is 0.123 e. The lowest BCUT2D eigenvalue weighted by Crippen LogP contribution is -2.01. The van der Waals surface area contributed by atoms with Crippen molar-refractivity contribution in [1.29, 1.82) is 0 Å². The highest BCUT2D eigenvalue weighted by Gasteiger charge is 2.34. The number of hydrogen-bond acceptors (Lipinski definition) is 4. The fourth-order valence-electron chi connectivity index (χ4n) is 2.35. The number of nitrogens with two attached hydrogens (primary N) is 1. The van der Waals surface area contributed by atoms with Crippen LogP contribution in [0, 0.1) is 0 Å². The fraction of sp³-hybridized carbons (Fsp3) is 0.312. The van der Waals surface area contributed by atoms with Gasteiger partial charge in [-0.2, -0.15) is 0 Å². The molecule has 1 aliphatic rings. The third kappa shape index (κ3) is 2.47. The SMILES string of the molecule is COc1cc(OC)cc(-c2ccc(C3CC3N)cn2)c1. The summed E-state index contributed by atoms with van der Waals surface area (Å²) in [5.41, 5.74) is 8.96. The van der Waals surface area contributed by atoms with Crippen molar-refractivity contribution >= 4 is 0 Å². The lowest BCUT2D eigenvalue weighted by atomic mass is 10.1. The topological polar surface area (TPSA) is 57.4 Å². The van der Waals surface area contributed by atoms with Crippen molar-refractivity contribution in [3.05, 3.63) is 42.1 Å². The predicted octanol–water partition coefficient (Wildman–Crippen LogP) is 2.58. The van der Waals surface area contributed by atoms with Crippen LogP contribution in [0.1, 0.15) is 17.9 Å². The molecule has 2 aromatic rings. The normalized spacial score (nSPS) is 20.6. The molecule has 0 aliphatic heterocycles. The van der Waals surface area contributed by atoms with Crippen molar-refractivity contribution in [3.8, 4) is 22.8 Å². The highest BCUT2D eigenvalue weighted by Crippen LogP contribution is 2.39. The molecule has 104 valence electrons. The Hall–Kier alpha value is -2.07. The van der Waals surface area contributed by atoms with E-state index in [0.29, 0.717) is 12.0 Å². The lowest BCUT2D eigenvalue weighted by molar-refractivity contribution is 0.394. The zero-order valence-corrected chi connectivity index (χ0v) is 11.7. The van der Waals surface area contributed by atoms with Crippen LogP contribution in [0.4, 0.5) is 0 Å². The van der Waals surface area contributed by atoms with Gasteiger partial charge in [-0.1, -0.05) is 6.07 Å². The van der Waals surface area contributed by atoms with Gasteiger partial charge in [0.2, 0.25) is 0 Å². The Labute approximate surface area is 118 Å². The molecule has 20 heavy (non-hydrogen) atoms. The molecule has 2 N–H and O–H groups in total. The Bertz CT molecular complexity index is 588. The van der Waals surface area contributed by atoms with E-state index in [9.17, 15) is 0 Å². The van der Waals surface area contributed by atoms with Crippen LogP contribution in [0.3, 0.4) is 0 Å². The molecule has 1 saturated carbocycles. The van der Waals surface area contributed by atoms with Gasteiger partial charge < -0.3 is 15.2 Å². The fourth-order valence-corrected chi connectivity index (χ4v) is 2.35. The van der Waals surface area contributed by atoms with Crippen LogP contribution in [0.25, 0.3) is 11.3 Å². The molecule has 2 unspecified atom stereocenters. The highest BCUT2D eigenvalue weighted by atomic mass is 16.5. The Kier molecular flexibility index (Phi) is 3.32. The van der Waals surface area contributed by atoms with Crippen molar-refractivity contribution in [1.82, 2.24) is 4.98 Å². The van der Waals surface area contributed by atoms with Gasteiger partial charge in [0.1, 0.15) is 11.5 Å². The van der Waals surface area contributed by atoms with Crippen LogP contribution >= 0.6 is 0 Å². The second kappa shape index (κ2) is 5.13. The molecule has 1 aromatic heterocycles. The predicted molar refractivity (Wildman–Crippen MR) is 78.1 cm³/mol. The van der Waals surface area contributed by atoms with E-state index in [1.165, 1.54) is 5.56 Å². The first kappa shape index (κ1) is 12.9. The van der Waals surface area contributed by atoms with Gasteiger partial charge in [-0.3, -0.25) is 4.98 Å². The van der Waals surface area contributed by atoms with Gasteiger partial charge in [-0.25, -0.2) is 0 Å². The van der Waals surface area contributed by atoms with Crippen LogP contribution in [0.5, 0.6) is 11.5 Å². The molecular formula is C16H18N2O2. The lowest BCUT2D eigenvalue weighted by Gasteiger charge is -2.08. The van der Waals surface area contributed by atoms with E-state index in [4.69, 9.17) is 15.2 Å². The van der Waals surface area contributed by atoms with Gasteiger partial charge in [-0.05, 0) is 30.2 Å². The van der Waals surface area contributed by atoms with E-state index >= 15 is 0 Å². The number of rotatable bonds is 4. The van der Waals surface area contributed by atoms with Crippen molar-refractivity contribution in [2.45, 2.75) is 18.4 Å². The number of ether oxygens (including phenoxy) is 2. The molecule has 2 atom stereocenters. The van der Waals surface area contributed by atoms with E-state index in [1.54, 1.807) is 14.2 Å². The molecule has 1 aliphatic carbocycles. The van der Waals surface area contributed by atoms with Crippen LogP contribution in [0.2, 0.25) is 0 Å². The minimum absolute atomic E-state index is 0.305. The molecule has 1 fully saturated rings. The average Bonchev–Trinajstić information content (AvgIpc) is 3.23. The number of aromatic nitrogens is 1. The molecule has 1 aromatic carbocycles. The Morgan fingerprint density at radius 2 is 1.75 bits per heavy atom. The second-order valence-electron chi connectivity index (χ2n) is 5.08. The molecule has 0 saturated heterocycles.